The third kappa shape index (κ3) is 5.03. The van der Waals surface area contributed by atoms with E-state index in [1.807, 2.05) is 6.07 Å². The number of hydrogen-bond acceptors (Lipinski definition) is 6. The fourth-order valence-electron chi connectivity index (χ4n) is 5.50. The number of unbranched alkanes of at least 4 members (excludes halogenated alkanes) is 2. The van der Waals surface area contributed by atoms with Crippen molar-refractivity contribution in [3.05, 3.63) is 35.9 Å². The molecular weight excluding hydrogens is 434 g/mol. The Balaban J connectivity index is 1.20. The Morgan fingerprint density at radius 3 is 2.74 bits per heavy atom. The van der Waals surface area contributed by atoms with Gasteiger partial charge in [-0.3, -0.25) is 14.5 Å². The first-order chi connectivity index (χ1) is 16.4. The highest BCUT2D eigenvalue weighted by molar-refractivity contribution is 6.10. The molecule has 2 N–H and O–H groups in total. The third-order valence-corrected chi connectivity index (χ3v) is 7.32. The first-order valence-corrected chi connectivity index (χ1v) is 12.2. The minimum Gasteiger partial charge on any atom is -0.494 e. The monoisotopic (exact) mass is 469 g/mol. The summed E-state index contributed by atoms with van der Waals surface area (Å²) in [6, 6.07) is 4.57. The molecule has 8 heteroatoms. The summed E-state index contributed by atoms with van der Waals surface area (Å²) in [5, 5.41) is 12.0. The summed E-state index contributed by atoms with van der Waals surface area (Å²) in [5.74, 6) is 0.227. The van der Waals surface area contributed by atoms with Crippen LogP contribution in [0, 0.1) is 5.41 Å². The molecule has 1 atom stereocenters. The number of ether oxygens (including phenoxy) is 1. The molecule has 0 radical (unpaired) electrons. The number of rotatable bonds is 12. The fraction of sp³-hybridized carbons (Fsp3) is 0.577. The molecule has 1 aliphatic carbocycles. The Bertz CT molecular complexity index is 948. The lowest BCUT2D eigenvalue weighted by Crippen LogP contribution is -2.63. The van der Waals surface area contributed by atoms with Crippen molar-refractivity contribution in [2.75, 3.05) is 33.3 Å². The van der Waals surface area contributed by atoms with E-state index in [1.54, 1.807) is 19.2 Å². The number of nitrogens with zero attached hydrogens (tertiary/aromatic N) is 2. The fourth-order valence-corrected chi connectivity index (χ4v) is 5.50. The number of aliphatic hydroxyl groups excluding tert-OH is 1. The zero-order chi connectivity index (χ0) is 24.3. The second-order valence-electron chi connectivity index (χ2n) is 9.93. The number of hydrogen-bond donors (Lipinski definition) is 2. The summed E-state index contributed by atoms with van der Waals surface area (Å²) < 4.78 is 5.91. The van der Waals surface area contributed by atoms with Crippen molar-refractivity contribution in [2.24, 2.45) is 5.41 Å². The van der Waals surface area contributed by atoms with Gasteiger partial charge in [0.2, 0.25) is 5.91 Å². The standard InChI is InChI=1S/C26H35N3O5/c1-18-23-12-21(34-11-5-3-4-10-28-16-26(17-28)13-20(31)14-26)7-8-22(23)25(33)29(18)19(15-30)6-9-24(32)27-2/h7-8,12,15,19-20,31H,1,3-6,9-11,13-14,16-17H2,2H3,(H,27,32). The molecule has 1 saturated carbocycles. The number of nitrogens with one attached hydrogen (secondary N) is 1. The molecule has 2 aliphatic heterocycles. The molecular formula is C26H35N3O5. The van der Waals surface area contributed by atoms with Crippen LogP contribution in [0.2, 0.25) is 0 Å². The molecule has 1 spiro atoms. The second kappa shape index (κ2) is 10.3. The van der Waals surface area contributed by atoms with Crippen LogP contribution in [-0.2, 0) is 9.59 Å². The van der Waals surface area contributed by atoms with Crippen molar-refractivity contribution in [3.8, 4) is 5.75 Å². The maximum absolute atomic E-state index is 12.9. The van der Waals surface area contributed by atoms with E-state index in [-0.39, 0.29) is 30.8 Å². The molecule has 0 bridgehead atoms. The van der Waals surface area contributed by atoms with Crippen LogP contribution in [0.4, 0.5) is 0 Å². The van der Waals surface area contributed by atoms with Gasteiger partial charge in [-0.05, 0) is 63.3 Å². The van der Waals surface area contributed by atoms with Crippen molar-refractivity contribution in [1.29, 1.82) is 0 Å². The van der Waals surface area contributed by atoms with Crippen LogP contribution >= 0.6 is 0 Å². The SMILES string of the molecule is C=C1c2cc(OCCCCCN3CC4(CC(O)C4)C3)ccc2C(=O)N1C(C=O)CCC(=O)NC. The molecule has 1 unspecified atom stereocenters. The Kier molecular flexibility index (Phi) is 7.38. The van der Waals surface area contributed by atoms with Crippen LogP contribution in [0.3, 0.4) is 0 Å². The van der Waals surface area contributed by atoms with E-state index in [1.165, 1.54) is 4.90 Å². The number of likely N-dealkylation sites (tertiary alicyclic amines) is 1. The number of amides is 2. The summed E-state index contributed by atoms with van der Waals surface area (Å²) in [7, 11) is 1.54. The molecule has 1 saturated heterocycles. The molecule has 184 valence electrons. The number of carbonyl (C=O) groups is 3. The van der Waals surface area contributed by atoms with Crippen molar-refractivity contribution in [3.63, 3.8) is 0 Å². The molecule has 0 aromatic heterocycles. The van der Waals surface area contributed by atoms with Gasteiger partial charge in [-0.2, -0.15) is 0 Å². The molecule has 1 aromatic carbocycles. The van der Waals surface area contributed by atoms with Gasteiger partial charge in [0.25, 0.3) is 5.91 Å². The van der Waals surface area contributed by atoms with E-state index >= 15 is 0 Å². The largest absolute Gasteiger partial charge is 0.494 e. The van der Waals surface area contributed by atoms with Crippen molar-refractivity contribution >= 4 is 23.8 Å². The Morgan fingerprint density at radius 2 is 2.06 bits per heavy atom. The summed E-state index contributed by atoms with van der Waals surface area (Å²) in [6.45, 7) is 8.00. The molecule has 4 rings (SSSR count). The summed E-state index contributed by atoms with van der Waals surface area (Å²) in [5.41, 5.74) is 2.05. The van der Waals surface area contributed by atoms with Crippen LogP contribution in [-0.4, -0.2) is 78.4 Å². The number of carbonyl (C=O) groups excluding carboxylic acids is 3. The van der Waals surface area contributed by atoms with Crippen LogP contribution < -0.4 is 10.1 Å². The Labute approximate surface area is 200 Å². The van der Waals surface area contributed by atoms with Crippen LogP contribution in [0.1, 0.15) is 60.9 Å². The average Bonchev–Trinajstić information content (AvgIpc) is 3.03. The van der Waals surface area contributed by atoms with E-state index < -0.39 is 6.04 Å². The van der Waals surface area contributed by atoms with E-state index in [0.29, 0.717) is 40.9 Å². The zero-order valence-electron chi connectivity index (χ0n) is 19.9. The lowest BCUT2D eigenvalue weighted by atomic mass is 9.62. The van der Waals surface area contributed by atoms with E-state index in [9.17, 15) is 19.5 Å². The lowest BCUT2D eigenvalue weighted by molar-refractivity contribution is -0.128. The van der Waals surface area contributed by atoms with Crippen LogP contribution in [0.15, 0.2) is 24.8 Å². The first kappa shape index (κ1) is 24.4. The van der Waals surface area contributed by atoms with Gasteiger partial charge in [0.15, 0.2) is 0 Å². The average molecular weight is 470 g/mol. The quantitative estimate of drug-likeness (QED) is 0.360. The highest BCUT2D eigenvalue weighted by Crippen LogP contribution is 2.48. The van der Waals surface area contributed by atoms with Gasteiger partial charge in [0.05, 0.1) is 18.8 Å². The number of fused-ring (bicyclic) bond motifs is 1. The maximum Gasteiger partial charge on any atom is 0.259 e. The van der Waals surface area contributed by atoms with Crippen molar-refractivity contribution in [2.45, 2.75) is 57.1 Å². The molecule has 3 aliphatic rings. The van der Waals surface area contributed by atoms with Crippen molar-refractivity contribution in [1.82, 2.24) is 15.1 Å². The Hall–Kier alpha value is -2.71. The van der Waals surface area contributed by atoms with E-state index in [2.05, 4.69) is 16.8 Å². The molecule has 34 heavy (non-hydrogen) atoms. The first-order valence-electron chi connectivity index (χ1n) is 12.2. The predicted molar refractivity (Wildman–Crippen MR) is 128 cm³/mol. The van der Waals surface area contributed by atoms with Crippen LogP contribution in [0.5, 0.6) is 5.75 Å². The molecule has 2 amide bonds. The highest BCUT2D eigenvalue weighted by Gasteiger charge is 2.51. The van der Waals surface area contributed by atoms with Crippen molar-refractivity contribution < 1.29 is 24.2 Å². The summed E-state index contributed by atoms with van der Waals surface area (Å²) in [6.07, 6.45) is 6.14. The normalized spacial score (nSPS) is 20.0. The van der Waals surface area contributed by atoms with Gasteiger partial charge in [-0.15, -0.1) is 0 Å². The summed E-state index contributed by atoms with van der Waals surface area (Å²) in [4.78, 5) is 40.0. The van der Waals surface area contributed by atoms with Crippen LogP contribution in [0.25, 0.3) is 5.70 Å². The zero-order valence-corrected chi connectivity index (χ0v) is 19.9. The van der Waals surface area contributed by atoms with Gasteiger partial charge < -0.3 is 24.9 Å². The highest BCUT2D eigenvalue weighted by atomic mass is 16.5. The van der Waals surface area contributed by atoms with E-state index in [0.717, 1.165) is 51.7 Å². The third-order valence-electron chi connectivity index (χ3n) is 7.32. The minimum absolute atomic E-state index is 0.0719. The summed E-state index contributed by atoms with van der Waals surface area (Å²) >= 11 is 0. The minimum atomic E-state index is -0.732. The van der Waals surface area contributed by atoms with Gasteiger partial charge in [0.1, 0.15) is 12.0 Å². The lowest BCUT2D eigenvalue weighted by Gasteiger charge is -2.58. The number of aldehydes is 1. The molecule has 2 heterocycles. The number of benzene rings is 1. The Morgan fingerprint density at radius 1 is 1.29 bits per heavy atom. The second-order valence-corrected chi connectivity index (χ2v) is 9.93. The molecule has 8 nitrogen and oxygen atoms in total. The predicted octanol–water partition coefficient (Wildman–Crippen LogP) is 2.21. The molecule has 1 aromatic rings. The van der Waals surface area contributed by atoms with E-state index in [4.69, 9.17) is 4.74 Å². The number of aliphatic hydroxyl groups is 1. The topological polar surface area (TPSA) is 99.2 Å². The maximum atomic E-state index is 12.9. The van der Waals surface area contributed by atoms with Gasteiger partial charge in [0, 0.05) is 48.8 Å². The van der Waals surface area contributed by atoms with Gasteiger partial charge in [-0.1, -0.05) is 6.58 Å². The van der Waals surface area contributed by atoms with Gasteiger partial charge in [-0.25, -0.2) is 0 Å². The molecule has 2 fully saturated rings. The smallest absolute Gasteiger partial charge is 0.259 e. The van der Waals surface area contributed by atoms with Gasteiger partial charge >= 0.3 is 0 Å².